The zero-order valence-electron chi connectivity index (χ0n) is 13.1. The summed E-state index contributed by atoms with van der Waals surface area (Å²) in [6.45, 7) is 5.26. The molecule has 6 heteroatoms. The third-order valence-corrected chi connectivity index (χ3v) is 3.63. The molecule has 1 aromatic rings. The molecule has 0 aliphatic rings. The molecule has 0 N–H and O–H groups in total. The van der Waals surface area contributed by atoms with Crippen molar-refractivity contribution in [3.8, 4) is 0 Å². The topological polar surface area (TPSA) is 69.7 Å². The number of Topliss-reactive ketones (excluding diaryl/α,β-unsaturated/α-hetero) is 1. The Kier molecular flexibility index (Phi) is 6.52. The summed E-state index contributed by atoms with van der Waals surface area (Å²) in [4.78, 5) is 35.0. The first-order valence-electron chi connectivity index (χ1n) is 6.72. The number of methoxy groups -OCH3 is 1. The summed E-state index contributed by atoms with van der Waals surface area (Å²) in [6, 6.07) is 4.95. The Morgan fingerprint density at radius 1 is 1.18 bits per heavy atom. The van der Waals surface area contributed by atoms with Gasteiger partial charge in [0.05, 0.1) is 12.7 Å². The Hall–Kier alpha value is -1.44. The summed E-state index contributed by atoms with van der Waals surface area (Å²) < 4.78 is 10.5. The molecule has 0 amide bonds. The minimum atomic E-state index is -0.603. The van der Waals surface area contributed by atoms with Crippen molar-refractivity contribution in [2.24, 2.45) is 0 Å². The zero-order valence-corrected chi connectivity index (χ0v) is 15.2. The molecular formula is C16H19IO5. The van der Waals surface area contributed by atoms with Crippen LogP contribution < -0.4 is 0 Å². The zero-order chi connectivity index (χ0) is 16.9. The first-order chi connectivity index (χ1) is 10.1. The molecule has 0 atom stereocenters. The van der Waals surface area contributed by atoms with Crippen LogP contribution in [0, 0.1) is 3.57 Å². The van der Waals surface area contributed by atoms with Crippen LogP contribution in [0.4, 0.5) is 0 Å². The van der Waals surface area contributed by atoms with Crippen molar-refractivity contribution in [2.45, 2.75) is 39.2 Å². The smallest absolute Gasteiger partial charge is 0.337 e. The van der Waals surface area contributed by atoms with Crippen LogP contribution in [0.2, 0.25) is 0 Å². The highest BCUT2D eigenvalue weighted by atomic mass is 127. The molecule has 0 radical (unpaired) electrons. The Morgan fingerprint density at radius 3 is 2.32 bits per heavy atom. The predicted octanol–water partition coefficient (Wildman–Crippen LogP) is 2.92. The normalized spacial score (nSPS) is 11.0. The lowest BCUT2D eigenvalue weighted by molar-refractivity contribution is -0.156. The average molecular weight is 418 g/mol. The number of ketones is 1. The van der Waals surface area contributed by atoms with Crippen molar-refractivity contribution in [1.82, 2.24) is 0 Å². The lowest BCUT2D eigenvalue weighted by atomic mass is 10.0. The molecule has 0 bridgehead atoms. The van der Waals surface area contributed by atoms with Gasteiger partial charge in [-0.2, -0.15) is 0 Å². The summed E-state index contributed by atoms with van der Waals surface area (Å²) >= 11 is 2.05. The molecule has 0 aliphatic heterocycles. The van der Waals surface area contributed by atoms with E-state index in [1.165, 1.54) is 7.11 Å². The van der Waals surface area contributed by atoms with E-state index in [0.717, 1.165) is 9.13 Å². The van der Waals surface area contributed by atoms with Gasteiger partial charge in [0.2, 0.25) is 0 Å². The maximum Gasteiger partial charge on any atom is 0.337 e. The molecule has 1 rings (SSSR count). The van der Waals surface area contributed by atoms with E-state index >= 15 is 0 Å². The lowest BCUT2D eigenvalue weighted by Gasteiger charge is -2.19. The fraction of sp³-hybridized carbons (Fsp3) is 0.438. The van der Waals surface area contributed by atoms with Gasteiger partial charge in [-0.1, -0.05) is 6.07 Å². The molecule has 22 heavy (non-hydrogen) atoms. The number of benzene rings is 1. The van der Waals surface area contributed by atoms with Crippen molar-refractivity contribution in [1.29, 1.82) is 0 Å². The fourth-order valence-corrected chi connectivity index (χ4v) is 2.45. The van der Waals surface area contributed by atoms with Crippen LogP contribution in [0.5, 0.6) is 0 Å². The molecule has 0 unspecified atom stereocenters. The number of carbonyl (C=O) groups is 3. The van der Waals surface area contributed by atoms with Gasteiger partial charge < -0.3 is 9.47 Å². The maximum absolute atomic E-state index is 11.9. The second kappa shape index (κ2) is 7.71. The van der Waals surface area contributed by atoms with Crippen molar-refractivity contribution in [2.75, 3.05) is 7.11 Å². The van der Waals surface area contributed by atoms with E-state index in [1.54, 1.807) is 39.0 Å². The van der Waals surface area contributed by atoms with Crippen molar-refractivity contribution < 1.29 is 23.9 Å². The van der Waals surface area contributed by atoms with Gasteiger partial charge in [0.25, 0.3) is 0 Å². The van der Waals surface area contributed by atoms with E-state index < -0.39 is 17.5 Å². The van der Waals surface area contributed by atoms with Crippen LogP contribution in [0.3, 0.4) is 0 Å². The fourth-order valence-electron chi connectivity index (χ4n) is 1.75. The quantitative estimate of drug-likeness (QED) is 0.418. The first-order valence-corrected chi connectivity index (χ1v) is 7.80. The van der Waals surface area contributed by atoms with Gasteiger partial charge in [0.15, 0.2) is 0 Å². The summed E-state index contributed by atoms with van der Waals surface area (Å²) in [5, 5.41) is 0. The van der Waals surface area contributed by atoms with Crippen LogP contribution in [0.15, 0.2) is 18.2 Å². The Labute approximate surface area is 143 Å². The van der Waals surface area contributed by atoms with E-state index in [2.05, 4.69) is 4.74 Å². The van der Waals surface area contributed by atoms with Gasteiger partial charge in [-0.15, -0.1) is 0 Å². The maximum atomic E-state index is 11.9. The number of carbonyl (C=O) groups excluding carboxylic acids is 3. The Bertz CT molecular complexity index is 587. The number of rotatable bonds is 5. The monoisotopic (exact) mass is 418 g/mol. The molecule has 0 heterocycles. The van der Waals surface area contributed by atoms with Gasteiger partial charge in [0, 0.05) is 9.99 Å². The van der Waals surface area contributed by atoms with Gasteiger partial charge in [-0.05, 0) is 61.1 Å². The second-order valence-electron chi connectivity index (χ2n) is 5.78. The summed E-state index contributed by atoms with van der Waals surface area (Å²) in [6.07, 6.45) is -0.134. The third kappa shape index (κ3) is 6.13. The average Bonchev–Trinajstić information content (AvgIpc) is 2.37. The third-order valence-electron chi connectivity index (χ3n) is 2.62. The lowest BCUT2D eigenvalue weighted by Crippen LogP contribution is -2.25. The molecule has 120 valence electrons. The minimum absolute atomic E-state index is 0.124. The molecule has 0 saturated heterocycles. The van der Waals surface area contributed by atoms with Gasteiger partial charge in [-0.25, -0.2) is 4.79 Å². The molecular weight excluding hydrogens is 399 g/mol. The van der Waals surface area contributed by atoms with Gasteiger partial charge in [0.1, 0.15) is 17.8 Å². The molecule has 1 aromatic carbocycles. The van der Waals surface area contributed by atoms with Crippen LogP contribution in [-0.2, 0) is 25.5 Å². The number of ether oxygens (including phenoxy) is 2. The SMILES string of the molecule is COC(=O)c1ccc(CC(=O)CC(=O)OC(C)(C)C)c(I)c1. The number of hydrogen-bond donors (Lipinski definition) is 0. The van der Waals surface area contributed by atoms with E-state index in [4.69, 9.17) is 4.74 Å². The highest BCUT2D eigenvalue weighted by Gasteiger charge is 2.19. The summed E-state index contributed by atoms with van der Waals surface area (Å²) in [7, 11) is 1.31. The van der Waals surface area contributed by atoms with Gasteiger partial charge in [-0.3, -0.25) is 9.59 Å². The van der Waals surface area contributed by atoms with Crippen molar-refractivity contribution >= 4 is 40.3 Å². The van der Waals surface area contributed by atoms with E-state index in [1.807, 2.05) is 22.6 Å². The van der Waals surface area contributed by atoms with Crippen LogP contribution in [0.1, 0.15) is 43.1 Å². The van der Waals surface area contributed by atoms with Crippen LogP contribution in [-0.4, -0.2) is 30.4 Å². The highest BCUT2D eigenvalue weighted by molar-refractivity contribution is 14.1. The molecule has 0 fully saturated rings. The summed E-state index contributed by atoms with van der Waals surface area (Å²) in [5.74, 6) is -1.18. The van der Waals surface area contributed by atoms with Crippen molar-refractivity contribution in [3.05, 3.63) is 32.9 Å². The molecule has 5 nitrogen and oxygen atoms in total. The first kappa shape index (κ1) is 18.6. The van der Waals surface area contributed by atoms with E-state index in [9.17, 15) is 14.4 Å². The number of hydrogen-bond acceptors (Lipinski definition) is 5. The Morgan fingerprint density at radius 2 is 1.82 bits per heavy atom. The second-order valence-corrected chi connectivity index (χ2v) is 6.94. The summed E-state index contributed by atoms with van der Waals surface area (Å²) in [5.41, 5.74) is 0.588. The van der Waals surface area contributed by atoms with E-state index in [0.29, 0.717) is 5.56 Å². The molecule has 0 aliphatic carbocycles. The van der Waals surface area contributed by atoms with Gasteiger partial charge >= 0.3 is 11.9 Å². The molecule has 0 saturated carbocycles. The number of halogens is 1. The van der Waals surface area contributed by atoms with Crippen LogP contribution in [0.25, 0.3) is 0 Å². The van der Waals surface area contributed by atoms with Crippen LogP contribution >= 0.6 is 22.6 Å². The molecule has 0 spiro atoms. The highest BCUT2D eigenvalue weighted by Crippen LogP contribution is 2.17. The van der Waals surface area contributed by atoms with E-state index in [-0.39, 0.29) is 18.6 Å². The molecule has 0 aromatic heterocycles. The minimum Gasteiger partial charge on any atom is -0.465 e. The Balaban J connectivity index is 2.69. The number of esters is 2. The standard InChI is InChI=1S/C16H19IO5/c1-16(2,3)22-14(19)9-12(18)7-10-5-6-11(8-13(10)17)15(20)21-4/h5-6,8H,7,9H2,1-4H3. The predicted molar refractivity (Wildman–Crippen MR) is 89.7 cm³/mol. The van der Waals surface area contributed by atoms with Crippen molar-refractivity contribution in [3.63, 3.8) is 0 Å². The largest absolute Gasteiger partial charge is 0.465 e.